The lowest BCUT2D eigenvalue weighted by Crippen LogP contribution is -2.50. The predicted molar refractivity (Wildman–Crippen MR) is 127 cm³/mol. The van der Waals surface area contributed by atoms with Gasteiger partial charge in [-0.3, -0.25) is 4.79 Å². The molecule has 2 rings (SSSR count). The summed E-state index contributed by atoms with van der Waals surface area (Å²) in [5.74, 6) is 0.601. The van der Waals surface area contributed by atoms with Crippen LogP contribution in [-0.4, -0.2) is 93.4 Å². The number of rotatable bonds is 7. The standard InChI is InChI=1S/C20H37N5O4.HI/c1-4-28-20(27)25-12-9-16(10-13-25)23-19(22-15-18(26)24(2)3)21-11-8-17-7-5-6-14-29-17;/h16-17H,4-15H2,1-3H3,(H2,21,22,23);1H. The second kappa shape index (κ2) is 14.7. The van der Waals surface area contributed by atoms with Crippen molar-refractivity contribution in [2.45, 2.75) is 57.6 Å². The van der Waals surface area contributed by atoms with Crippen molar-refractivity contribution in [1.29, 1.82) is 0 Å². The first-order valence-corrected chi connectivity index (χ1v) is 10.8. The number of piperidine rings is 1. The average molecular weight is 539 g/mol. The van der Waals surface area contributed by atoms with Crippen molar-refractivity contribution in [1.82, 2.24) is 20.4 Å². The third-order valence-electron chi connectivity index (χ3n) is 5.27. The minimum Gasteiger partial charge on any atom is -0.450 e. The minimum atomic E-state index is -0.248. The zero-order valence-electron chi connectivity index (χ0n) is 18.5. The first-order valence-electron chi connectivity index (χ1n) is 10.8. The number of ether oxygens (including phenoxy) is 2. The quantitative estimate of drug-likeness (QED) is 0.291. The molecule has 2 N–H and O–H groups in total. The van der Waals surface area contributed by atoms with Crippen LogP contribution in [0.2, 0.25) is 0 Å². The SMILES string of the molecule is CCOC(=O)N1CCC(NC(=NCC(=O)N(C)C)NCCC2CCCCO2)CC1.I. The van der Waals surface area contributed by atoms with Crippen molar-refractivity contribution in [3.8, 4) is 0 Å². The fourth-order valence-electron chi connectivity index (χ4n) is 3.44. The number of nitrogens with one attached hydrogen (secondary N) is 2. The number of carbonyl (C=O) groups excluding carboxylic acids is 2. The summed E-state index contributed by atoms with van der Waals surface area (Å²) in [6, 6.07) is 0.201. The van der Waals surface area contributed by atoms with Crippen LogP contribution in [0.5, 0.6) is 0 Å². The molecule has 0 aromatic heterocycles. The zero-order valence-corrected chi connectivity index (χ0v) is 20.9. The Bertz CT molecular complexity index is 547. The lowest BCUT2D eigenvalue weighted by atomic mass is 10.1. The van der Waals surface area contributed by atoms with Gasteiger partial charge in [0.05, 0.1) is 12.7 Å². The summed E-state index contributed by atoms with van der Waals surface area (Å²) in [5, 5.41) is 6.77. The molecule has 0 radical (unpaired) electrons. The van der Waals surface area contributed by atoms with Gasteiger partial charge in [-0.2, -0.15) is 0 Å². The highest BCUT2D eigenvalue weighted by Gasteiger charge is 2.24. The molecule has 0 spiro atoms. The predicted octanol–water partition coefficient (Wildman–Crippen LogP) is 1.81. The molecule has 2 heterocycles. The second-order valence-electron chi connectivity index (χ2n) is 7.76. The Morgan fingerprint density at radius 3 is 2.53 bits per heavy atom. The maximum atomic E-state index is 11.9. The van der Waals surface area contributed by atoms with E-state index in [1.165, 1.54) is 11.3 Å². The van der Waals surface area contributed by atoms with E-state index in [0.29, 0.717) is 31.8 Å². The molecule has 0 bridgehead atoms. The molecule has 0 aromatic rings. The minimum absolute atomic E-state index is 0. The van der Waals surface area contributed by atoms with Gasteiger partial charge in [0.1, 0.15) is 6.54 Å². The molecule has 10 heteroatoms. The summed E-state index contributed by atoms with van der Waals surface area (Å²) in [7, 11) is 3.45. The monoisotopic (exact) mass is 539 g/mol. The molecule has 2 aliphatic rings. The number of amides is 2. The molecular formula is C20H38IN5O4. The number of nitrogens with zero attached hydrogens (tertiary/aromatic N) is 3. The third kappa shape index (κ3) is 9.67. The van der Waals surface area contributed by atoms with Gasteiger partial charge in [0.25, 0.3) is 0 Å². The molecule has 0 aliphatic carbocycles. The van der Waals surface area contributed by atoms with Gasteiger partial charge >= 0.3 is 6.09 Å². The fraction of sp³-hybridized carbons (Fsp3) is 0.850. The van der Waals surface area contributed by atoms with E-state index in [1.807, 2.05) is 6.92 Å². The fourth-order valence-corrected chi connectivity index (χ4v) is 3.44. The van der Waals surface area contributed by atoms with Crippen molar-refractivity contribution in [2.75, 3.05) is 53.5 Å². The summed E-state index contributed by atoms with van der Waals surface area (Å²) in [4.78, 5) is 31.5. The van der Waals surface area contributed by atoms with E-state index in [-0.39, 0.29) is 48.6 Å². The van der Waals surface area contributed by atoms with E-state index in [0.717, 1.165) is 45.3 Å². The smallest absolute Gasteiger partial charge is 0.409 e. The topological polar surface area (TPSA) is 95.5 Å². The van der Waals surface area contributed by atoms with Crippen LogP contribution < -0.4 is 10.6 Å². The number of halogens is 1. The Balaban J connectivity index is 0.00000450. The number of likely N-dealkylation sites (N-methyl/N-ethyl adjacent to an activating group) is 1. The molecule has 30 heavy (non-hydrogen) atoms. The summed E-state index contributed by atoms with van der Waals surface area (Å²) < 4.78 is 10.9. The summed E-state index contributed by atoms with van der Waals surface area (Å²) >= 11 is 0. The molecule has 0 saturated carbocycles. The lowest BCUT2D eigenvalue weighted by Gasteiger charge is -2.32. The van der Waals surface area contributed by atoms with E-state index >= 15 is 0 Å². The summed E-state index contributed by atoms with van der Waals surface area (Å²) in [5.41, 5.74) is 0. The molecule has 2 saturated heterocycles. The Hall–Kier alpha value is -1.30. The van der Waals surface area contributed by atoms with Gasteiger partial charge in [-0.15, -0.1) is 24.0 Å². The zero-order chi connectivity index (χ0) is 21.1. The second-order valence-corrected chi connectivity index (χ2v) is 7.76. The number of hydrogen-bond donors (Lipinski definition) is 2. The molecule has 2 aliphatic heterocycles. The van der Waals surface area contributed by atoms with Crippen LogP contribution in [-0.2, 0) is 14.3 Å². The Kier molecular flexibility index (Phi) is 13.1. The van der Waals surface area contributed by atoms with Gasteiger partial charge in [0.15, 0.2) is 5.96 Å². The summed E-state index contributed by atoms with van der Waals surface area (Å²) in [6.07, 6.45) is 6.07. The third-order valence-corrected chi connectivity index (χ3v) is 5.27. The maximum Gasteiger partial charge on any atom is 0.409 e. The van der Waals surface area contributed by atoms with Crippen molar-refractivity contribution in [3.63, 3.8) is 0 Å². The first-order chi connectivity index (χ1) is 14.0. The number of hydrogen-bond acceptors (Lipinski definition) is 5. The molecule has 1 atom stereocenters. The lowest BCUT2D eigenvalue weighted by molar-refractivity contribution is -0.127. The van der Waals surface area contributed by atoms with Gasteiger partial charge in [0.2, 0.25) is 5.91 Å². The van der Waals surface area contributed by atoms with E-state index in [1.54, 1.807) is 19.0 Å². The van der Waals surface area contributed by atoms with Crippen LogP contribution in [0.1, 0.15) is 45.4 Å². The molecule has 0 aromatic carbocycles. The van der Waals surface area contributed by atoms with Gasteiger partial charge in [-0.05, 0) is 45.4 Å². The number of aliphatic imine (C=N–C) groups is 1. The molecule has 9 nitrogen and oxygen atoms in total. The highest BCUT2D eigenvalue weighted by molar-refractivity contribution is 14.0. The number of likely N-dealkylation sites (tertiary alicyclic amines) is 1. The summed E-state index contributed by atoms with van der Waals surface area (Å²) in [6.45, 7) is 5.20. The van der Waals surface area contributed by atoms with E-state index in [2.05, 4.69) is 15.6 Å². The van der Waals surface area contributed by atoms with E-state index in [4.69, 9.17) is 9.47 Å². The van der Waals surface area contributed by atoms with Gasteiger partial charge in [-0.1, -0.05) is 0 Å². The van der Waals surface area contributed by atoms with Crippen LogP contribution in [0, 0.1) is 0 Å². The van der Waals surface area contributed by atoms with Crippen molar-refractivity contribution < 1.29 is 19.1 Å². The Morgan fingerprint density at radius 1 is 1.20 bits per heavy atom. The Morgan fingerprint density at radius 2 is 1.93 bits per heavy atom. The van der Waals surface area contributed by atoms with Gasteiger partial charge in [-0.25, -0.2) is 9.79 Å². The van der Waals surface area contributed by atoms with Crippen molar-refractivity contribution >= 4 is 41.9 Å². The number of carbonyl (C=O) groups is 2. The molecule has 2 fully saturated rings. The first kappa shape index (κ1) is 26.7. The van der Waals surface area contributed by atoms with Crippen LogP contribution in [0.3, 0.4) is 0 Å². The highest BCUT2D eigenvalue weighted by Crippen LogP contribution is 2.15. The van der Waals surface area contributed by atoms with E-state index in [9.17, 15) is 9.59 Å². The van der Waals surface area contributed by atoms with Crippen LogP contribution >= 0.6 is 24.0 Å². The normalized spacial score (nSPS) is 20.2. The van der Waals surface area contributed by atoms with Gasteiger partial charge in [0, 0.05) is 46.4 Å². The maximum absolute atomic E-state index is 11.9. The highest BCUT2D eigenvalue weighted by atomic mass is 127. The molecule has 2 amide bonds. The molecular weight excluding hydrogens is 501 g/mol. The van der Waals surface area contributed by atoms with Crippen molar-refractivity contribution in [2.24, 2.45) is 4.99 Å². The van der Waals surface area contributed by atoms with Crippen LogP contribution in [0.4, 0.5) is 4.79 Å². The van der Waals surface area contributed by atoms with Crippen molar-refractivity contribution in [3.05, 3.63) is 0 Å². The number of guanidine groups is 1. The largest absolute Gasteiger partial charge is 0.450 e. The molecule has 174 valence electrons. The average Bonchev–Trinajstić information content (AvgIpc) is 2.73. The van der Waals surface area contributed by atoms with Crippen LogP contribution in [0.25, 0.3) is 0 Å². The Labute approximate surface area is 197 Å². The van der Waals surface area contributed by atoms with Crippen LogP contribution in [0.15, 0.2) is 4.99 Å². The van der Waals surface area contributed by atoms with Gasteiger partial charge < -0.3 is 29.9 Å². The van der Waals surface area contributed by atoms with E-state index < -0.39 is 0 Å². The molecule has 1 unspecified atom stereocenters.